The fourth-order valence-corrected chi connectivity index (χ4v) is 1.68. The number of fused-ring (bicyclic) bond motifs is 1. The number of H-pyrrole nitrogens is 1. The Labute approximate surface area is 84.0 Å². The third kappa shape index (κ3) is 1.85. The second-order valence-electron chi connectivity index (χ2n) is 2.39. The van der Waals surface area contributed by atoms with Gasteiger partial charge < -0.3 is 4.98 Å². The maximum Gasteiger partial charge on any atom is 0.138 e. The van der Waals surface area contributed by atoms with Crippen LogP contribution in [0.2, 0.25) is 0 Å². The molecule has 0 amide bonds. The minimum absolute atomic E-state index is 0. The molecule has 1 aromatic heterocycles. The Balaban J connectivity index is 0.000000845. The maximum absolute atomic E-state index is 8.50. The normalized spacial score (nSPS) is 9.15. The number of nitrogens with zero attached hydrogens (tertiary/aromatic N) is 1. The summed E-state index contributed by atoms with van der Waals surface area (Å²) < 4.78 is 0. The molecule has 1 heterocycles. The zero-order chi connectivity index (χ0) is 8.39. The number of thioether (sulfide) groups is 1. The van der Waals surface area contributed by atoms with E-state index in [2.05, 4.69) is 10.4 Å². The van der Waals surface area contributed by atoms with Crippen molar-refractivity contribution in [2.75, 3.05) is 0 Å². The van der Waals surface area contributed by atoms with Crippen molar-refractivity contribution in [2.45, 2.75) is 4.90 Å². The molecule has 0 saturated carbocycles. The summed E-state index contributed by atoms with van der Waals surface area (Å²) in [6.07, 6.45) is 1.86. The van der Waals surface area contributed by atoms with Gasteiger partial charge in [-0.3, -0.25) is 0 Å². The lowest BCUT2D eigenvalue weighted by atomic mass is 10.2. The number of aromatic amines is 1. The van der Waals surface area contributed by atoms with Crippen molar-refractivity contribution in [1.29, 1.82) is 5.26 Å². The van der Waals surface area contributed by atoms with Crippen molar-refractivity contribution < 1.29 is 0 Å². The van der Waals surface area contributed by atoms with Gasteiger partial charge in [-0.2, -0.15) is 5.26 Å². The Morgan fingerprint density at radius 2 is 2.08 bits per heavy atom. The smallest absolute Gasteiger partial charge is 0.138 e. The first-order valence-corrected chi connectivity index (χ1v) is 4.35. The lowest BCUT2D eigenvalue weighted by Gasteiger charge is -1.88. The van der Waals surface area contributed by atoms with Crippen LogP contribution in [0.4, 0.5) is 0 Å². The van der Waals surface area contributed by atoms with Gasteiger partial charge in [0.1, 0.15) is 5.40 Å². The first-order chi connectivity index (χ1) is 5.92. The SMILES string of the molecule is N#CSc1c[nH]c2ccccc12.[P]. The first kappa shape index (κ1) is 10.1. The van der Waals surface area contributed by atoms with Crippen LogP contribution in [-0.4, -0.2) is 4.98 Å². The number of nitrogens with one attached hydrogen (secondary N) is 1. The van der Waals surface area contributed by atoms with Gasteiger partial charge in [0.05, 0.1) is 0 Å². The van der Waals surface area contributed by atoms with Crippen LogP contribution in [0.5, 0.6) is 0 Å². The maximum atomic E-state index is 8.50. The largest absolute Gasteiger partial charge is 0.360 e. The summed E-state index contributed by atoms with van der Waals surface area (Å²) >= 11 is 1.19. The van der Waals surface area contributed by atoms with E-state index in [1.807, 2.05) is 30.5 Å². The second kappa shape index (κ2) is 4.32. The Hall–Kier alpha value is -0.970. The summed E-state index contributed by atoms with van der Waals surface area (Å²) in [5, 5.41) is 11.7. The average Bonchev–Trinajstić information content (AvgIpc) is 2.50. The fraction of sp³-hybridized carbons (Fsp3) is 0. The summed E-state index contributed by atoms with van der Waals surface area (Å²) in [5.41, 5.74) is 1.08. The van der Waals surface area contributed by atoms with Crippen molar-refractivity contribution in [3.8, 4) is 5.40 Å². The predicted octanol–water partition coefficient (Wildman–Crippen LogP) is 3.60. The van der Waals surface area contributed by atoms with E-state index in [1.54, 1.807) is 0 Å². The zero-order valence-corrected chi connectivity index (χ0v) is 8.40. The minimum Gasteiger partial charge on any atom is -0.360 e. The van der Waals surface area contributed by atoms with Crippen LogP contribution in [0.1, 0.15) is 0 Å². The van der Waals surface area contributed by atoms with Crippen molar-refractivity contribution in [3.63, 3.8) is 0 Å². The molecule has 13 heavy (non-hydrogen) atoms. The van der Waals surface area contributed by atoms with Gasteiger partial charge >= 0.3 is 0 Å². The van der Waals surface area contributed by atoms with E-state index in [0.717, 1.165) is 15.8 Å². The van der Waals surface area contributed by atoms with Gasteiger partial charge in [0.2, 0.25) is 0 Å². The number of nitriles is 1. The van der Waals surface area contributed by atoms with E-state index in [1.165, 1.54) is 11.8 Å². The molecule has 63 valence electrons. The molecule has 1 aromatic carbocycles. The summed E-state index contributed by atoms with van der Waals surface area (Å²) in [6, 6.07) is 7.94. The highest BCUT2D eigenvalue weighted by Crippen LogP contribution is 2.26. The Kier molecular flexibility index (Phi) is 3.36. The molecule has 0 saturated heterocycles. The number of rotatable bonds is 1. The van der Waals surface area contributed by atoms with Crippen molar-refractivity contribution in [1.82, 2.24) is 4.98 Å². The van der Waals surface area contributed by atoms with Crippen molar-refractivity contribution >= 4 is 32.6 Å². The fourth-order valence-electron chi connectivity index (χ4n) is 1.18. The van der Waals surface area contributed by atoms with Crippen molar-refractivity contribution in [2.24, 2.45) is 0 Å². The molecule has 0 aliphatic rings. The monoisotopic (exact) mass is 205 g/mol. The summed E-state index contributed by atoms with van der Waals surface area (Å²) in [5.74, 6) is 0. The van der Waals surface area contributed by atoms with Crippen LogP contribution in [0.3, 0.4) is 0 Å². The number of benzene rings is 1. The quantitative estimate of drug-likeness (QED) is 0.439. The van der Waals surface area contributed by atoms with Crippen molar-refractivity contribution in [3.05, 3.63) is 30.5 Å². The Morgan fingerprint density at radius 3 is 2.85 bits per heavy atom. The molecule has 2 nitrogen and oxygen atoms in total. The average molecular weight is 205 g/mol. The molecule has 2 aromatic rings. The van der Waals surface area contributed by atoms with E-state index in [-0.39, 0.29) is 9.90 Å². The number of para-hydroxylation sites is 1. The molecular weight excluding hydrogens is 199 g/mol. The lowest BCUT2D eigenvalue weighted by molar-refractivity contribution is 1.42. The number of hydrogen-bond donors (Lipinski definition) is 1. The highest BCUT2D eigenvalue weighted by Gasteiger charge is 2.01. The van der Waals surface area contributed by atoms with Gasteiger partial charge in [-0.15, -0.1) is 0 Å². The topological polar surface area (TPSA) is 39.6 Å². The van der Waals surface area contributed by atoms with Crippen LogP contribution >= 0.6 is 21.7 Å². The highest BCUT2D eigenvalue weighted by molar-refractivity contribution is 8.04. The van der Waals surface area contributed by atoms with E-state index < -0.39 is 0 Å². The molecular formula is C9H6N2PS. The third-order valence-corrected chi connectivity index (χ3v) is 2.36. The molecule has 0 unspecified atom stereocenters. The summed E-state index contributed by atoms with van der Waals surface area (Å²) in [7, 11) is 0. The summed E-state index contributed by atoms with van der Waals surface area (Å²) in [4.78, 5) is 4.09. The van der Waals surface area contributed by atoms with Crippen LogP contribution in [-0.2, 0) is 0 Å². The molecule has 0 atom stereocenters. The lowest BCUT2D eigenvalue weighted by Crippen LogP contribution is -1.64. The van der Waals surface area contributed by atoms with Crippen LogP contribution in [0.25, 0.3) is 10.9 Å². The van der Waals surface area contributed by atoms with E-state index in [4.69, 9.17) is 5.26 Å². The number of thiocyanates is 1. The Bertz CT molecular complexity index is 444. The molecule has 0 fully saturated rings. The summed E-state index contributed by atoms with van der Waals surface area (Å²) in [6.45, 7) is 0. The number of aromatic nitrogens is 1. The van der Waals surface area contributed by atoms with Crippen LogP contribution < -0.4 is 0 Å². The van der Waals surface area contributed by atoms with Gasteiger partial charge in [-0.1, -0.05) is 18.2 Å². The zero-order valence-electron chi connectivity index (χ0n) is 6.69. The number of hydrogen-bond acceptors (Lipinski definition) is 2. The van der Waals surface area contributed by atoms with Gasteiger partial charge in [-0.25, -0.2) is 0 Å². The molecule has 0 bridgehead atoms. The Morgan fingerprint density at radius 1 is 1.31 bits per heavy atom. The molecule has 2 rings (SSSR count). The van der Waals surface area contributed by atoms with Gasteiger partial charge in [0, 0.05) is 31.9 Å². The molecule has 0 spiro atoms. The second-order valence-corrected chi connectivity index (χ2v) is 3.22. The van der Waals surface area contributed by atoms with Gasteiger partial charge in [-0.05, 0) is 17.8 Å². The van der Waals surface area contributed by atoms with Crippen LogP contribution in [0.15, 0.2) is 35.4 Å². The van der Waals surface area contributed by atoms with E-state index >= 15 is 0 Å². The standard InChI is InChI=1S/C9H6N2S.P/c10-6-12-9-5-11-8-4-2-1-3-7(8)9;/h1-5,11H;. The first-order valence-electron chi connectivity index (χ1n) is 3.54. The highest BCUT2D eigenvalue weighted by atomic mass is 32.2. The van der Waals surface area contributed by atoms with Gasteiger partial charge in [0.15, 0.2) is 0 Å². The molecule has 3 radical (unpaired) electrons. The molecule has 0 aliphatic heterocycles. The third-order valence-electron chi connectivity index (χ3n) is 1.71. The molecule has 0 aliphatic carbocycles. The van der Waals surface area contributed by atoms with Gasteiger partial charge in [0.25, 0.3) is 0 Å². The van der Waals surface area contributed by atoms with E-state index in [0.29, 0.717) is 0 Å². The predicted molar refractivity (Wildman–Crippen MR) is 56.7 cm³/mol. The molecule has 4 heteroatoms. The minimum atomic E-state index is 0. The van der Waals surface area contributed by atoms with Crippen LogP contribution in [0, 0.1) is 10.7 Å². The molecule has 1 N–H and O–H groups in total. The van der Waals surface area contributed by atoms with E-state index in [9.17, 15) is 0 Å².